The zero-order valence-electron chi connectivity index (χ0n) is 18.3. The number of aryl methyl sites for hydroxylation is 1. The minimum Gasteiger partial charge on any atom is -0.485 e. The first-order chi connectivity index (χ1) is 16.4. The van der Waals surface area contributed by atoms with E-state index in [0.29, 0.717) is 22.6 Å². The van der Waals surface area contributed by atoms with Crippen LogP contribution in [0, 0.1) is 18.6 Å². The van der Waals surface area contributed by atoms with Crippen molar-refractivity contribution in [2.75, 3.05) is 0 Å². The number of aliphatic hydroxyl groups is 2. The summed E-state index contributed by atoms with van der Waals surface area (Å²) in [4.78, 5) is 17.8. The second-order valence-corrected chi connectivity index (χ2v) is 8.40. The molecule has 0 aliphatic heterocycles. The van der Waals surface area contributed by atoms with Gasteiger partial charge in [-0.05, 0) is 42.3 Å². The predicted molar refractivity (Wildman–Crippen MR) is 120 cm³/mol. The number of imidazole rings is 1. The number of benzene rings is 2. The van der Waals surface area contributed by atoms with Crippen LogP contribution >= 0.6 is 0 Å². The molecule has 0 radical (unpaired) electrons. The lowest BCUT2D eigenvalue weighted by atomic mass is 9.92. The van der Waals surface area contributed by atoms with Crippen LogP contribution in [0.25, 0.3) is 5.65 Å². The molecule has 174 valence electrons. The van der Waals surface area contributed by atoms with Crippen molar-refractivity contribution >= 4 is 11.4 Å². The molecular weight excluding hydrogens is 442 g/mol. The Hall–Kier alpha value is -3.62. The number of hydrogen-bond donors (Lipinski definition) is 2. The molecule has 0 saturated heterocycles. The Kier molecular flexibility index (Phi) is 5.63. The average Bonchev–Trinajstić information content (AvgIpc) is 3.28. The van der Waals surface area contributed by atoms with Gasteiger partial charge in [-0.25, -0.2) is 13.8 Å². The number of halogens is 2. The zero-order chi connectivity index (χ0) is 24.0. The smallest absolute Gasteiger partial charge is 0.182 e. The Morgan fingerprint density at radius 3 is 2.47 bits per heavy atom. The van der Waals surface area contributed by atoms with E-state index in [-0.39, 0.29) is 30.1 Å². The summed E-state index contributed by atoms with van der Waals surface area (Å²) in [5.74, 6) is -1.95. The fourth-order valence-corrected chi connectivity index (χ4v) is 4.66. The van der Waals surface area contributed by atoms with Gasteiger partial charge in [-0.15, -0.1) is 0 Å². The van der Waals surface area contributed by atoms with Gasteiger partial charge in [-0.2, -0.15) is 0 Å². The van der Waals surface area contributed by atoms with Crippen molar-refractivity contribution in [1.29, 1.82) is 0 Å². The summed E-state index contributed by atoms with van der Waals surface area (Å²) in [5.41, 5.74) is 2.30. The van der Waals surface area contributed by atoms with Gasteiger partial charge in [0.15, 0.2) is 17.2 Å². The van der Waals surface area contributed by atoms with Crippen molar-refractivity contribution in [1.82, 2.24) is 9.38 Å². The number of ketones is 1. The highest BCUT2D eigenvalue weighted by Crippen LogP contribution is 2.43. The van der Waals surface area contributed by atoms with Crippen LogP contribution in [0.3, 0.4) is 0 Å². The molecule has 6 nitrogen and oxygen atoms in total. The summed E-state index contributed by atoms with van der Waals surface area (Å²) in [5, 5.41) is 20.9. The van der Waals surface area contributed by atoms with Gasteiger partial charge in [-0.1, -0.05) is 30.3 Å². The van der Waals surface area contributed by atoms with Crippen LogP contribution < -0.4 is 4.74 Å². The van der Waals surface area contributed by atoms with Gasteiger partial charge in [-0.3, -0.25) is 9.20 Å². The molecule has 8 heteroatoms. The largest absolute Gasteiger partial charge is 0.485 e. The number of fused-ring (bicyclic) bond motifs is 2. The number of pyridine rings is 1. The molecule has 2 aromatic carbocycles. The number of carbonyl (C=O) groups is 1. The average molecular weight is 464 g/mol. The minimum atomic E-state index is -1.09. The number of aliphatic hydroxyl groups excluding tert-OH is 2. The second kappa shape index (κ2) is 8.62. The number of carbonyl (C=O) groups excluding carboxylic acids is 1. The molecule has 0 bridgehead atoms. The summed E-state index contributed by atoms with van der Waals surface area (Å²) < 4.78 is 35.2. The Labute approximate surface area is 194 Å². The van der Waals surface area contributed by atoms with Crippen LogP contribution in [0.2, 0.25) is 0 Å². The van der Waals surface area contributed by atoms with Gasteiger partial charge in [0.1, 0.15) is 30.0 Å². The van der Waals surface area contributed by atoms with Gasteiger partial charge in [0.2, 0.25) is 0 Å². The third-order valence-electron chi connectivity index (χ3n) is 6.34. The Morgan fingerprint density at radius 1 is 1.03 bits per heavy atom. The van der Waals surface area contributed by atoms with Crippen molar-refractivity contribution in [2.45, 2.75) is 38.1 Å². The van der Waals surface area contributed by atoms with E-state index < -0.39 is 29.8 Å². The normalized spacial score (nSPS) is 19.4. The van der Waals surface area contributed by atoms with Crippen LogP contribution in [0.5, 0.6) is 5.75 Å². The lowest BCUT2D eigenvalue weighted by molar-refractivity contribution is 0.0158. The molecule has 0 unspecified atom stereocenters. The molecule has 0 fully saturated rings. The van der Waals surface area contributed by atoms with Crippen molar-refractivity contribution in [3.8, 4) is 5.75 Å². The molecule has 2 N–H and O–H groups in total. The van der Waals surface area contributed by atoms with Gasteiger partial charge in [0.05, 0.1) is 17.4 Å². The monoisotopic (exact) mass is 464 g/mol. The maximum Gasteiger partial charge on any atom is 0.182 e. The summed E-state index contributed by atoms with van der Waals surface area (Å²) in [6, 6.07) is 14.0. The van der Waals surface area contributed by atoms with Crippen molar-refractivity contribution in [3.05, 3.63) is 101 Å². The van der Waals surface area contributed by atoms with Crippen LogP contribution in [0.1, 0.15) is 51.3 Å². The highest BCUT2D eigenvalue weighted by molar-refractivity contribution is 5.97. The molecule has 5 rings (SSSR count). The fourth-order valence-electron chi connectivity index (χ4n) is 4.66. The van der Waals surface area contributed by atoms with E-state index in [1.54, 1.807) is 41.8 Å². The predicted octanol–water partition coefficient (Wildman–Crippen LogP) is 4.26. The first kappa shape index (κ1) is 22.2. The Balaban J connectivity index is 1.44. The maximum atomic E-state index is 14.0. The van der Waals surface area contributed by atoms with Crippen LogP contribution in [-0.4, -0.2) is 31.5 Å². The number of nitrogens with zero attached hydrogens (tertiary/aromatic N) is 2. The van der Waals surface area contributed by atoms with Gasteiger partial charge in [0.25, 0.3) is 0 Å². The van der Waals surface area contributed by atoms with Crippen LogP contribution in [0.15, 0.2) is 60.8 Å². The molecule has 2 heterocycles. The molecule has 34 heavy (non-hydrogen) atoms. The van der Waals surface area contributed by atoms with E-state index in [2.05, 4.69) is 4.98 Å². The minimum absolute atomic E-state index is 0.0185. The number of aromatic nitrogens is 2. The van der Waals surface area contributed by atoms with Crippen LogP contribution in [-0.2, 0) is 6.61 Å². The lowest BCUT2D eigenvalue weighted by Gasteiger charge is -2.16. The fraction of sp³-hybridized carbons (Fsp3) is 0.231. The van der Waals surface area contributed by atoms with E-state index in [0.717, 1.165) is 17.7 Å². The molecule has 0 saturated carbocycles. The standard InChI is InChI=1S/C26H22F2N2O4/c1-14-23(21(31)12-17-15-6-2-3-7-16(15)24(32)25(17)33)30-11-5-10-22(26(30)29-14)34-13-18-19(27)8-4-9-20(18)28/h2-11,17,24-25,32-33H,12-13H2,1H3/t17-,24-,25-/m1/s1. The van der Waals surface area contributed by atoms with Gasteiger partial charge < -0.3 is 14.9 Å². The van der Waals surface area contributed by atoms with E-state index in [4.69, 9.17) is 4.74 Å². The van der Waals surface area contributed by atoms with E-state index >= 15 is 0 Å². The van der Waals surface area contributed by atoms with E-state index in [1.807, 2.05) is 12.1 Å². The van der Waals surface area contributed by atoms with Gasteiger partial charge in [0, 0.05) is 18.5 Å². The topological polar surface area (TPSA) is 84.1 Å². The van der Waals surface area contributed by atoms with Crippen LogP contribution in [0.4, 0.5) is 8.78 Å². The highest BCUT2D eigenvalue weighted by atomic mass is 19.1. The summed E-state index contributed by atoms with van der Waals surface area (Å²) >= 11 is 0. The zero-order valence-corrected chi connectivity index (χ0v) is 18.3. The Morgan fingerprint density at radius 2 is 1.74 bits per heavy atom. The second-order valence-electron chi connectivity index (χ2n) is 8.40. The van der Waals surface area contributed by atoms with Gasteiger partial charge >= 0.3 is 0 Å². The quantitative estimate of drug-likeness (QED) is 0.417. The third-order valence-corrected chi connectivity index (χ3v) is 6.34. The lowest BCUT2D eigenvalue weighted by Crippen LogP contribution is -2.21. The summed E-state index contributed by atoms with van der Waals surface area (Å²) in [6.07, 6.45) is -0.492. The van der Waals surface area contributed by atoms with E-state index in [9.17, 15) is 23.8 Å². The summed E-state index contributed by atoms with van der Waals surface area (Å²) in [7, 11) is 0. The number of ether oxygens (including phenoxy) is 1. The van der Waals surface area contributed by atoms with Crippen molar-refractivity contribution in [3.63, 3.8) is 0 Å². The van der Waals surface area contributed by atoms with E-state index in [1.165, 1.54) is 6.07 Å². The third kappa shape index (κ3) is 3.65. The van der Waals surface area contributed by atoms with Crippen molar-refractivity contribution in [2.24, 2.45) is 0 Å². The first-order valence-corrected chi connectivity index (χ1v) is 10.9. The Bertz CT molecular complexity index is 1380. The molecular formula is C26H22F2N2O4. The number of Topliss-reactive ketones (excluding diaryl/α,β-unsaturated/α-hetero) is 1. The molecule has 2 aromatic heterocycles. The number of rotatable bonds is 6. The SMILES string of the molecule is Cc1nc2c(OCc3c(F)cccc3F)cccn2c1C(=O)C[C@@H]1c2ccccc2[C@@H](O)[C@@H]1O. The first-order valence-electron chi connectivity index (χ1n) is 10.9. The molecule has 0 amide bonds. The van der Waals surface area contributed by atoms with Crippen molar-refractivity contribution < 1.29 is 28.5 Å². The number of hydrogen-bond acceptors (Lipinski definition) is 5. The molecule has 1 aliphatic carbocycles. The highest BCUT2D eigenvalue weighted by Gasteiger charge is 2.40. The molecule has 3 atom stereocenters. The molecule has 1 aliphatic rings. The maximum absolute atomic E-state index is 14.0. The molecule has 0 spiro atoms. The molecule has 4 aromatic rings. The summed E-state index contributed by atoms with van der Waals surface area (Å²) in [6.45, 7) is 1.35.